The molecule has 0 bridgehead atoms. The van der Waals surface area contributed by atoms with Crippen molar-refractivity contribution in [3.05, 3.63) is 0 Å². The Morgan fingerprint density at radius 1 is 1.24 bits per heavy atom. The number of rotatable bonds is 0. The van der Waals surface area contributed by atoms with Crippen LogP contribution in [0.1, 0.15) is 32.6 Å². The highest BCUT2D eigenvalue weighted by Crippen LogP contribution is 2.26. The van der Waals surface area contributed by atoms with Crippen molar-refractivity contribution in [3.8, 4) is 0 Å². The number of carbonyl (C=O) groups excluding carboxylic acids is 3. The van der Waals surface area contributed by atoms with Crippen molar-refractivity contribution in [1.29, 1.82) is 0 Å². The van der Waals surface area contributed by atoms with Gasteiger partial charge >= 0.3 is 12.1 Å². The molecule has 3 rings (SSSR count). The van der Waals surface area contributed by atoms with E-state index in [0.29, 0.717) is 18.9 Å². The summed E-state index contributed by atoms with van der Waals surface area (Å²) in [7, 11) is 0. The fourth-order valence-corrected chi connectivity index (χ4v) is 3.60. The van der Waals surface area contributed by atoms with Gasteiger partial charge in [-0.25, -0.2) is 9.59 Å². The fraction of sp³-hybridized carbons (Fsp3) is 0.786. The molecule has 0 aromatic rings. The Morgan fingerprint density at radius 2 is 2.00 bits per heavy atom. The molecule has 3 saturated heterocycles. The van der Waals surface area contributed by atoms with Gasteiger partial charge in [-0.1, -0.05) is 6.92 Å². The Labute approximate surface area is 124 Å². The molecule has 116 valence electrons. The maximum Gasteiger partial charge on any atom is 0.322 e. The number of hydrogen-bond acceptors (Lipinski definition) is 3. The second-order valence-corrected chi connectivity index (χ2v) is 6.49. The van der Waals surface area contributed by atoms with Crippen molar-refractivity contribution < 1.29 is 14.4 Å². The lowest BCUT2D eigenvalue weighted by Crippen LogP contribution is -2.61. The normalized spacial score (nSPS) is 33.1. The van der Waals surface area contributed by atoms with Crippen LogP contribution in [-0.4, -0.2) is 59.5 Å². The second kappa shape index (κ2) is 5.20. The minimum atomic E-state index is -0.924. The highest BCUT2D eigenvalue weighted by atomic mass is 16.2. The first-order chi connectivity index (χ1) is 10.00. The summed E-state index contributed by atoms with van der Waals surface area (Å²) in [6.45, 7) is 4.64. The van der Waals surface area contributed by atoms with E-state index in [2.05, 4.69) is 17.6 Å². The largest absolute Gasteiger partial charge is 0.324 e. The van der Waals surface area contributed by atoms with Crippen LogP contribution in [0.5, 0.6) is 0 Å². The zero-order valence-electron chi connectivity index (χ0n) is 12.4. The molecule has 2 atom stereocenters. The van der Waals surface area contributed by atoms with Gasteiger partial charge in [0.2, 0.25) is 0 Å². The van der Waals surface area contributed by atoms with Crippen molar-refractivity contribution >= 4 is 18.0 Å². The van der Waals surface area contributed by atoms with E-state index in [4.69, 9.17) is 0 Å². The summed E-state index contributed by atoms with van der Waals surface area (Å²) in [4.78, 5) is 39.6. The minimum absolute atomic E-state index is 0.00502. The molecule has 3 aliphatic rings. The smallest absolute Gasteiger partial charge is 0.322 e. The fourth-order valence-electron chi connectivity index (χ4n) is 3.60. The summed E-state index contributed by atoms with van der Waals surface area (Å²) < 4.78 is 0. The molecule has 7 heteroatoms. The Hall–Kier alpha value is -1.79. The average Bonchev–Trinajstić information content (AvgIpc) is 2.72. The van der Waals surface area contributed by atoms with E-state index in [1.54, 1.807) is 4.90 Å². The molecule has 0 aromatic heterocycles. The van der Waals surface area contributed by atoms with E-state index in [9.17, 15) is 14.4 Å². The quantitative estimate of drug-likeness (QED) is 0.639. The zero-order valence-corrected chi connectivity index (χ0v) is 12.4. The molecule has 0 radical (unpaired) electrons. The van der Waals surface area contributed by atoms with Gasteiger partial charge in [-0.2, -0.15) is 0 Å². The molecule has 3 heterocycles. The van der Waals surface area contributed by atoms with Crippen LogP contribution in [0.2, 0.25) is 0 Å². The standard InChI is InChI=1S/C14H22N4O3/c1-10-4-2-6-17(8-10)13(21)18-7-3-5-14(9-18)11(19)15-12(20)16-14/h10H,2-9H2,1H3,(H2,15,16,19,20). The number of imide groups is 1. The Balaban J connectivity index is 1.70. The van der Waals surface area contributed by atoms with Gasteiger partial charge in [0.05, 0.1) is 6.54 Å². The van der Waals surface area contributed by atoms with Crippen LogP contribution in [0.25, 0.3) is 0 Å². The third-order valence-electron chi connectivity index (χ3n) is 4.70. The molecule has 2 N–H and O–H groups in total. The van der Waals surface area contributed by atoms with Gasteiger partial charge in [0.15, 0.2) is 0 Å². The summed E-state index contributed by atoms with van der Waals surface area (Å²) in [5.41, 5.74) is -0.924. The predicted molar refractivity (Wildman–Crippen MR) is 75.6 cm³/mol. The van der Waals surface area contributed by atoms with Gasteiger partial charge in [-0.15, -0.1) is 0 Å². The first-order valence-electron chi connectivity index (χ1n) is 7.68. The second-order valence-electron chi connectivity index (χ2n) is 6.49. The first-order valence-corrected chi connectivity index (χ1v) is 7.68. The van der Waals surface area contributed by atoms with Crippen LogP contribution in [0.3, 0.4) is 0 Å². The highest BCUT2D eigenvalue weighted by Gasteiger charge is 2.49. The molecule has 0 aliphatic carbocycles. The monoisotopic (exact) mass is 294 g/mol. The van der Waals surface area contributed by atoms with Crippen LogP contribution in [0.4, 0.5) is 9.59 Å². The molecule has 5 amide bonds. The number of nitrogens with zero attached hydrogens (tertiary/aromatic N) is 2. The number of hydrogen-bond donors (Lipinski definition) is 2. The van der Waals surface area contributed by atoms with Crippen molar-refractivity contribution in [3.63, 3.8) is 0 Å². The van der Waals surface area contributed by atoms with Gasteiger partial charge in [-0.05, 0) is 31.6 Å². The van der Waals surface area contributed by atoms with Crippen molar-refractivity contribution in [1.82, 2.24) is 20.4 Å². The molecular formula is C14H22N4O3. The van der Waals surface area contributed by atoms with Crippen LogP contribution in [0, 0.1) is 5.92 Å². The predicted octanol–water partition coefficient (Wildman–Crippen LogP) is 0.512. The van der Waals surface area contributed by atoms with Gasteiger partial charge in [0.25, 0.3) is 5.91 Å². The number of nitrogens with one attached hydrogen (secondary N) is 2. The van der Waals surface area contributed by atoms with Crippen molar-refractivity contribution in [2.75, 3.05) is 26.2 Å². The maximum atomic E-state index is 12.6. The summed E-state index contributed by atoms with van der Waals surface area (Å²) in [5.74, 6) is 0.216. The molecular weight excluding hydrogens is 272 g/mol. The first kappa shape index (κ1) is 14.2. The molecule has 3 aliphatic heterocycles. The molecule has 0 saturated carbocycles. The number of carbonyl (C=O) groups is 3. The third-order valence-corrected chi connectivity index (χ3v) is 4.70. The van der Waals surface area contributed by atoms with Gasteiger partial charge in [0, 0.05) is 19.6 Å². The van der Waals surface area contributed by atoms with Gasteiger partial charge in [-0.3, -0.25) is 10.1 Å². The number of piperidine rings is 2. The van der Waals surface area contributed by atoms with Crippen molar-refractivity contribution in [2.45, 2.75) is 38.1 Å². The SMILES string of the molecule is CC1CCCN(C(=O)N2CCCC3(C2)NC(=O)NC3=O)C1. The minimum Gasteiger partial charge on any atom is -0.324 e. The van der Waals surface area contributed by atoms with E-state index in [0.717, 1.165) is 32.4 Å². The van der Waals surface area contributed by atoms with Crippen LogP contribution in [-0.2, 0) is 4.79 Å². The summed E-state index contributed by atoms with van der Waals surface area (Å²) in [5, 5.41) is 4.99. The molecule has 0 aromatic carbocycles. The summed E-state index contributed by atoms with van der Waals surface area (Å²) in [6.07, 6.45) is 3.50. The third kappa shape index (κ3) is 2.56. The Kier molecular flexibility index (Phi) is 3.51. The van der Waals surface area contributed by atoms with E-state index < -0.39 is 11.6 Å². The van der Waals surface area contributed by atoms with E-state index >= 15 is 0 Å². The van der Waals surface area contributed by atoms with Gasteiger partial charge < -0.3 is 15.1 Å². The lowest BCUT2D eigenvalue weighted by molar-refractivity contribution is -0.125. The number of amides is 5. The number of urea groups is 2. The lowest BCUT2D eigenvalue weighted by atomic mass is 9.89. The van der Waals surface area contributed by atoms with Crippen molar-refractivity contribution in [2.24, 2.45) is 5.92 Å². The van der Waals surface area contributed by atoms with Gasteiger partial charge in [0.1, 0.15) is 5.54 Å². The van der Waals surface area contributed by atoms with Crippen LogP contribution in [0.15, 0.2) is 0 Å². The highest BCUT2D eigenvalue weighted by molar-refractivity contribution is 6.07. The molecule has 1 spiro atoms. The molecule has 7 nitrogen and oxygen atoms in total. The topological polar surface area (TPSA) is 81.8 Å². The maximum absolute atomic E-state index is 12.6. The Morgan fingerprint density at radius 3 is 2.67 bits per heavy atom. The van der Waals surface area contributed by atoms with E-state index in [-0.39, 0.29) is 18.5 Å². The summed E-state index contributed by atoms with van der Waals surface area (Å²) in [6, 6.07) is -0.463. The Bertz CT molecular complexity index is 481. The molecule has 2 unspecified atom stereocenters. The van der Waals surface area contributed by atoms with Crippen LogP contribution < -0.4 is 10.6 Å². The molecule has 21 heavy (non-hydrogen) atoms. The zero-order chi connectivity index (χ0) is 15.0. The van der Waals surface area contributed by atoms with Crippen LogP contribution >= 0.6 is 0 Å². The lowest BCUT2D eigenvalue weighted by Gasteiger charge is -2.41. The average molecular weight is 294 g/mol. The summed E-state index contributed by atoms with van der Waals surface area (Å²) >= 11 is 0. The molecule has 3 fully saturated rings. The number of likely N-dealkylation sites (tertiary alicyclic amines) is 2. The van der Waals surface area contributed by atoms with E-state index in [1.165, 1.54) is 0 Å². The van der Waals surface area contributed by atoms with E-state index in [1.807, 2.05) is 4.90 Å².